The number of anilines is 1. The summed E-state index contributed by atoms with van der Waals surface area (Å²) in [4.78, 5) is 25.4. The third-order valence-corrected chi connectivity index (χ3v) is 7.03. The van der Waals surface area contributed by atoms with Gasteiger partial charge in [-0.25, -0.2) is 4.79 Å². The highest BCUT2D eigenvalue weighted by atomic mass is 31.2. The predicted octanol–water partition coefficient (Wildman–Crippen LogP) is 7.50. The van der Waals surface area contributed by atoms with Crippen LogP contribution in [0.4, 0.5) is 14.9 Å². The first-order valence-corrected chi connectivity index (χ1v) is 14.6. The molecule has 37 heavy (non-hydrogen) atoms. The molecule has 1 aromatic carbocycles. The standard InChI is InChI=1S/C27H44FN2O6P/c1-7-10-11-12-13-14-15-21-16-18-22(19-17-21)29-25(31)23(30-26(32)36-27(4,5)6)20-24(28)37(33,34-8-2)35-9-3/h16-20,23H,7-15H2,1-6H3,(H,29,31)(H,30,32)/t23-/m1/s1. The van der Waals surface area contributed by atoms with Gasteiger partial charge in [0.15, 0.2) is 0 Å². The fourth-order valence-electron chi connectivity index (χ4n) is 3.43. The Kier molecular flexibility index (Phi) is 14.7. The van der Waals surface area contributed by atoms with Crippen LogP contribution in [0.15, 0.2) is 35.9 Å². The van der Waals surface area contributed by atoms with Crippen LogP contribution in [-0.2, 0) is 29.6 Å². The molecule has 8 nitrogen and oxygen atoms in total. The van der Waals surface area contributed by atoms with Gasteiger partial charge in [0.1, 0.15) is 11.6 Å². The van der Waals surface area contributed by atoms with Crippen molar-refractivity contribution in [3.63, 3.8) is 0 Å². The van der Waals surface area contributed by atoms with Gasteiger partial charge in [-0.05, 0) is 71.2 Å². The normalized spacial score (nSPS) is 13.2. The Morgan fingerprint density at radius 1 is 0.973 bits per heavy atom. The third-order valence-electron chi connectivity index (χ3n) is 5.16. The van der Waals surface area contributed by atoms with Gasteiger partial charge in [-0.1, -0.05) is 51.2 Å². The second-order valence-electron chi connectivity index (χ2n) is 9.65. The van der Waals surface area contributed by atoms with Crippen LogP contribution in [0.1, 0.15) is 85.6 Å². The summed E-state index contributed by atoms with van der Waals surface area (Å²) in [7, 11) is -4.28. The zero-order chi connectivity index (χ0) is 27.9. The van der Waals surface area contributed by atoms with E-state index in [1.54, 1.807) is 32.9 Å². The van der Waals surface area contributed by atoms with E-state index in [1.165, 1.54) is 46.0 Å². The number of hydrogen-bond acceptors (Lipinski definition) is 6. The van der Waals surface area contributed by atoms with Gasteiger partial charge >= 0.3 is 13.7 Å². The van der Waals surface area contributed by atoms with Crippen molar-refractivity contribution in [3.8, 4) is 0 Å². The van der Waals surface area contributed by atoms with Crippen molar-refractivity contribution in [1.82, 2.24) is 5.32 Å². The van der Waals surface area contributed by atoms with Gasteiger partial charge < -0.3 is 24.4 Å². The average Bonchev–Trinajstić information content (AvgIpc) is 2.81. The molecule has 0 heterocycles. The lowest BCUT2D eigenvalue weighted by Gasteiger charge is -2.22. The number of alkyl carbamates (subject to hydrolysis) is 1. The number of unbranched alkanes of at least 4 members (excludes halogenated alkanes) is 5. The molecule has 0 spiro atoms. The van der Waals surface area contributed by atoms with Gasteiger partial charge in [0.25, 0.3) is 5.91 Å². The number of benzene rings is 1. The quantitative estimate of drug-likeness (QED) is 0.166. The molecule has 0 aliphatic heterocycles. The zero-order valence-electron chi connectivity index (χ0n) is 23.1. The van der Waals surface area contributed by atoms with Crippen LogP contribution in [0, 0.1) is 0 Å². The van der Waals surface area contributed by atoms with E-state index in [0.29, 0.717) is 5.69 Å². The Labute approximate surface area is 221 Å². The highest BCUT2D eigenvalue weighted by molar-refractivity contribution is 7.58. The molecule has 1 rings (SSSR count). The summed E-state index contributed by atoms with van der Waals surface area (Å²) in [5.41, 5.74) is -0.497. The fraction of sp³-hybridized carbons (Fsp3) is 0.630. The van der Waals surface area contributed by atoms with E-state index in [1.807, 2.05) is 12.1 Å². The molecule has 10 heteroatoms. The first-order chi connectivity index (χ1) is 17.4. The molecule has 1 atom stereocenters. The SMILES string of the molecule is CCCCCCCCc1ccc(NC(=O)[C@@H](C=C(F)P(=O)(OCC)OCC)NC(=O)OC(C)(C)C)cc1. The Balaban J connectivity index is 2.96. The van der Waals surface area contributed by atoms with Crippen LogP contribution < -0.4 is 10.6 Å². The predicted molar refractivity (Wildman–Crippen MR) is 145 cm³/mol. The second kappa shape index (κ2) is 16.6. The molecule has 0 saturated carbocycles. The zero-order valence-corrected chi connectivity index (χ0v) is 24.0. The van der Waals surface area contributed by atoms with Gasteiger partial charge in [0.2, 0.25) is 5.57 Å². The minimum absolute atomic E-state index is 0.0695. The molecular weight excluding hydrogens is 498 g/mol. The maximum Gasteiger partial charge on any atom is 0.408 e. The minimum Gasteiger partial charge on any atom is -0.444 e. The highest BCUT2D eigenvalue weighted by Gasteiger charge is 2.33. The van der Waals surface area contributed by atoms with Crippen molar-refractivity contribution in [1.29, 1.82) is 0 Å². The topological polar surface area (TPSA) is 103 Å². The van der Waals surface area contributed by atoms with Crippen LogP contribution in [0.3, 0.4) is 0 Å². The van der Waals surface area contributed by atoms with Crippen LogP contribution in [0.5, 0.6) is 0 Å². The van der Waals surface area contributed by atoms with Crippen molar-refractivity contribution in [2.24, 2.45) is 0 Å². The molecule has 2 amide bonds. The first-order valence-electron chi connectivity index (χ1n) is 13.1. The van der Waals surface area contributed by atoms with E-state index in [2.05, 4.69) is 17.6 Å². The largest absolute Gasteiger partial charge is 0.444 e. The van der Waals surface area contributed by atoms with Gasteiger partial charge in [0, 0.05) is 5.69 Å². The molecular formula is C27H44FN2O6P. The number of aryl methyl sites for hydroxylation is 1. The summed E-state index contributed by atoms with van der Waals surface area (Å²) < 4.78 is 43.0. The second-order valence-corrected chi connectivity index (χ2v) is 11.6. The molecule has 0 bridgehead atoms. The molecule has 0 aliphatic rings. The number of halogens is 1. The fourth-order valence-corrected chi connectivity index (χ4v) is 4.76. The van der Waals surface area contributed by atoms with Crippen molar-refractivity contribution < 1.29 is 32.3 Å². The molecule has 0 saturated heterocycles. The van der Waals surface area contributed by atoms with Gasteiger partial charge in [-0.15, -0.1) is 0 Å². The monoisotopic (exact) mass is 542 g/mol. The van der Waals surface area contributed by atoms with Crippen LogP contribution >= 0.6 is 7.60 Å². The third kappa shape index (κ3) is 13.2. The number of nitrogens with one attached hydrogen (secondary N) is 2. The van der Waals surface area contributed by atoms with Gasteiger partial charge in [-0.2, -0.15) is 4.39 Å². The van der Waals surface area contributed by atoms with Crippen LogP contribution in [0.25, 0.3) is 0 Å². The number of carbonyl (C=O) groups is 2. The molecule has 210 valence electrons. The van der Waals surface area contributed by atoms with Gasteiger partial charge in [-0.3, -0.25) is 9.36 Å². The summed E-state index contributed by atoms with van der Waals surface area (Å²) >= 11 is 0. The average molecular weight is 543 g/mol. The number of rotatable bonds is 16. The Bertz CT molecular complexity index is 904. The Morgan fingerprint density at radius 3 is 2.08 bits per heavy atom. The molecule has 0 aliphatic carbocycles. The summed E-state index contributed by atoms with van der Waals surface area (Å²) in [5, 5.41) is 4.98. The molecule has 0 fully saturated rings. The molecule has 0 unspecified atom stereocenters. The van der Waals surface area contributed by atoms with E-state index < -0.39 is 36.8 Å². The number of amides is 2. The first kappa shape index (κ1) is 32.8. The van der Waals surface area contributed by atoms with Crippen LogP contribution in [-0.4, -0.2) is 36.9 Å². The van der Waals surface area contributed by atoms with E-state index in [0.717, 1.165) is 24.5 Å². The van der Waals surface area contributed by atoms with Crippen molar-refractivity contribution >= 4 is 25.3 Å². The maximum absolute atomic E-state index is 15.0. The summed E-state index contributed by atoms with van der Waals surface area (Å²) in [6, 6.07) is 5.81. The van der Waals surface area contributed by atoms with E-state index in [4.69, 9.17) is 13.8 Å². The summed E-state index contributed by atoms with van der Waals surface area (Å²) in [6.07, 6.45) is 8.00. The maximum atomic E-state index is 15.0. The lowest BCUT2D eigenvalue weighted by Crippen LogP contribution is -2.44. The Hall–Kier alpha value is -2.22. The Morgan fingerprint density at radius 2 is 1.54 bits per heavy atom. The number of ether oxygens (including phenoxy) is 1. The van der Waals surface area contributed by atoms with E-state index >= 15 is 4.39 Å². The van der Waals surface area contributed by atoms with Crippen molar-refractivity contribution in [2.75, 3.05) is 18.5 Å². The number of carbonyl (C=O) groups excluding carboxylic acids is 2. The minimum atomic E-state index is -4.28. The van der Waals surface area contributed by atoms with Crippen LogP contribution in [0.2, 0.25) is 0 Å². The molecule has 0 aromatic heterocycles. The molecule has 1 aromatic rings. The smallest absolute Gasteiger partial charge is 0.408 e. The van der Waals surface area contributed by atoms with E-state index in [-0.39, 0.29) is 13.2 Å². The molecule has 2 N–H and O–H groups in total. The lowest BCUT2D eigenvalue weighted by atomic mass is 10.0. The van der Waals surface area contributed by atoms with Crippen molar-refractivity contribution in [2.45, 2.75) is 98.1 Å². The number of hydrogen-bond donors (Lipinski definition) is 2. The summed E-state index contributed by atoms with van der Waals surface area (Å²) in [5.74, 6) is -0.746. The highest BCUT2D eigenvalue weighted by Crippen LogP contribution is 2.56. The summed E-state index contributed by atoms with van der Waals surface area (Å²) in [6.45, 7) is 10.1. The lowest BCUT2D eigenvalue weighted by molar-refractivity contribution is -0.117. The molecule has 0 radical (unpaired) electrons. The van der Waals surface area contributed by atoms with Gasteiger partial charge in [0.05, 0.1) is 13.2 Å². The van der Waals surface area contributed by atoms with E-state index in [9.17, 15) is 14.2 Å². The van der Waals surface area contributed by atoms with Crippen molar-refractivity contribution in [3.05, 3.63) is 41.5 Å².